The number of ether oxygens (including phenoxy) is 1. The van der Waals surface area contributed by atoms with Crippen molar-refractivity contribution in [3.05, 3.63) is 34.3 Å². The van der Waals surface area contributed by atoms with Crippen LogP contribution in [0.25, 0.3) is 0 Å². The monoisotopic (exact) mass is 271 g/mol. The average Bonchev–Trinajstić information content (AvgIpc) is 2.23. The standard InChI is InChI=1S/C12H18BrNO/c1-3-14-8-10(2)15-9-11-5-4-6-12(13)7-11/h4-7,10,14H,3,8-9H2,1-2H3. The van der Waals surface area contributed by atoms with Crippen LogP contribution in [0.15, 0.2) is 28.7 Å². The zero-order valence-electron chi connectivity index (χ0n) is 9.29. The molecular weight excluding hydrogens is 254 g/mol. The second-order valence-corrected chi connectivity index (χ2v) is 4.47. The van der Waals surface area contributed by atoms with E-state index in [1.54, 1.807) is 0 Å². The summed E-state index contributed by atoms with van der Waals surface area (Å²) in [6.07, 6.45) is 0.254. The van der Waals surface area contributed by atoms with Crippen LogP contribution >= 0.6 is 15.9 Å². The van der Waals surface area contributed by atoms with E-state index >= 15 is 0 Å². The number of benzene rings is 1. The van der Waals surface area contributed by atoms with Crippen LogP contribution in [0.1, 0.15) is 19.4 Å². The number of hydrogen-bond donors (Lipinski definition) is 1. The SMILES string of the molecule is CCNCC(C)OCc1cccc(Br)c1. The van der Waals surface area contributed by atoms with Gasteiger partial charge in [0, 0.05) is 11.0 Å². The van der Waals surface area contributed by atoms with Crippen LogP contribution in [0.4, 0.5) is 0 Å². The van der Waals surface area contributed by atoms with Crippen LogP contribution < -0.4 is 5.32 Å². The number of nitrogens with one attached hydrogen (secondary N) is 1. The van der Waals surface area contributed by atoms with E-state index in [1.807, 2.05) is 12.1 Å². The minimum atomic E-state index is 0.254. The number of hydrogen-bond acceptors (Lipinski definition) is 2. The number of rotatable bonds is 6. The summed E-state index contributed by atoms with van der Waals surface area (Å²) in [4.78, 5) is 0. The molecule has 3 heteroatoms. The molecule has 0 aliphatic rings. The molecule has 0 radical (unpaired) electrons. The first-order valence-corrected chi connectivity index (χ1v) is 6.08. The van der Waals surface area contributed by atoms with Gasteiger partial charge in [-0.05, 0) is 31.2 Å². The second kappa shape index (κ2) is 6.99. The number of likely N-dealkylation sites (N-methyl/N-ethyl adjacent to an activating group) is 1. The van der Waals surface area contributed by atoms with Crippen LogP contribution in [0.3, 0.4) is 0 Å². The molecule has 0 amide bonds. The maximum atomic E-state index is 5.70. The van der Waals surface area contributed by atoms with Crippen molar-refractivity contribution in [2.75, 3.05) is 13.1 Å². The van der Waals surface area contributed by atoms with E-state index in [1.165, 1.54) is 5.56 Å². The fraction of sp³-hybridized carbons (Fsp3) is 0.500. The topological polar surface area (TPSA) is 21.3 Å². The molecule has 1 aromatic rings. The molecule has 0 aliphatic heterocycles. The minimum Gasteiger partial charge on any atom is -0.373 e. The zero-order valence-corrected chi connectivity index (χ0v) is 10.9. The van der Waals surface area contributed by atoms with Gasteiger partial charge in [-0.2, -0.15) is 0 Å². The van der Waals surface area contributed by atoms with Crippen molar-refractivity contribution in [1.29, 1.82) is 0 Å². The molecule has 1 N–H and O–H groups in total. The summed E-state index contributed by atoms with van der Waals surface area (Å²) in [7, 11) is 0. The molecule has 15 heavy (non-hydrogen) atoms. The van der Waals surface area contributed by atoms with E-state index in [-0.39, 0.29) is 6.10 Å². The van der Waals surface area contributed by atoms with Crippen LogP contribution in [-0.4, -0.2) is 19.2 Å². The zero-order chi connectivity index (χ0) is 11.1. The molecule has 1 rings (SSSR count). The molecular formula is C12H18BrNO. The largest absolute Gasteiger partial charge is 0.373 e. The third-order valence-corrected chi connectivity index (χ3v) is 2.60. The molecule has 0 bridgehead atoms. The van der Waals surface area contributed by atoms with E-state index in [9.17, 15) is 0 Å². The fourth-order valence-corrected chi connectivity index (χ4v) is 1.72. The summed E-state index contributed by atoms with van der Waals surface area (Å²) in [5.74, 6) is 0. The third kappa shape index (κ3) is 5.30. The molecule has 0 aromatic heterocycles. The highest BCUT2D eigenvalue weighted by Gasteiger charge is 2.01. The molecule has 1 aromatic carbocycles. The summed E-state index contributed by atoms with van der Waals surface area (Å²) in [6.45, 7) is 6.75. The smallest absolute Gasteiger partial charge is 0.0721 e. The van der Waals surface area contributed by atoms with Crippen molar-refractivity contribution >= 4 is 15.9 Å². The first-order valence-electron chi connectivity index (χ1n) is 5.29. The Kier molecular flexibility index (Phi) is 5.91. The molecule has 84 valence electrons. The van der Waals surface area contributed by atoms with Crippen molar-refractivity contribution < 1.29 is 4.74 Å². The van der Waals surface area contributed by atoms with Gasteiger partial charge in [0.25, 0.3) is 0 Å². The Morgan fingerprint density at radius 2 is 2.27 bits per heavy atom. The summed E-state index contributed by atoms with van der Waals surface area (Å²) in [5, 5.41) is 3.26. The second-order valence-electron chi connectivity index (χ2n) is 3.56. The van der Waals surface area contributed by atoms with E-state index < -0.39 is 0 Å². The quantitative estimate of drug-likeness (QED) is 0.859. The van der Waals surface area contributed by atoms with Gasteiger partial charge >= 0.3 is 0 Å². The molecule has 1 unspecified atom stereocenters. The van der Waals surface area contributed by atoms with Crippen LogP contribution in [-0.2, 0) is 11.3 Å². The van der Waals surface area contributed by atoms with Gasteiger partial charge in [0.05, 0.1) is 12.7 Å². The molecule has 0 heterocycles. The van der Waals surface area contributed by atoms with Gasteiger partial charge in [0.15, 0.2) is 0 Å². The molecule has 0 fully saturated rings. The first kappa shape index (κ1) is 12.7. The summed E-state index contributed by atoms with van der Waals surface area (Å²) in [5.41, 5.74) is 1.20. The molecule has 0 saturated carbocycles. The maximum absolute atomic E-state index is 5.70. The lowest BCUT2D eigenvalue weighted by molar-refractivity contribution is 0.0535. The predicted octanol–water partition coefficient (Wildman–Crippen LogP) is 2.96. The average molecular weight is 272 g/mol. The minimum absolute atomic E-state index is 0.254. The Bertz CT molecular complexity index is 291. The molecule has 1 atom stereocenters. The van der Waals surface area contributed by atoms with E-state index in [4.69, 9.17) is 4.74 Å². The van der Waals surface area contributed by atoms with Gasteiger partial charge in [0.1, 0.15) is 0 Å². The van der Waals surface area contributed by atoms with Crippen molar-refractivity contribution in [3.63, 3.8) is 0 Å². The molecule has 0 spiro atoms. The van der Waals surface area contributed by atoms with Gasteiger partial charge in [-0.15, -0.1) is 0 Å². The Hall–Kier alpha value is -0.380. The van der Waals surface area contributed by atoms with Gasteiger partial charge in [0.2, 0.25) is 0 Å². The van der Waals surface area contributed by atoms with Crippen molar-refractivity contribution in [2.24, 2.45) is 0 Å². The Morgan fingerprint density at radius 3 is 2.93 bits per heavy atom. The highest BCUT2D eigenvalue weighted by atomic mass is 79.9. The van der Waals surface area contributed by atoms with Crippen molar-refractivity contribution in [3.8, 4) is 0 Å². The van der Waals surface area contributed by atoms with Crippen molar-refractivity contribution in [1.82, 2.24) is 5.32 Å². The first-order chi connectivity index (χ1) is 7.22. The lowest BCUT2D eigenvalue weighted by Gasteiger charge is -2.13. The van der Waals surface area contributed by atoms with Crippen LogP contribution in [0, 0.1) is 0 Å². The summed E-state index contributed by atoms with van der Waals surface area (Å²) >= 11 is 3.44. The highest BCUT2D eigenvalue weighted by Crippen LogP contribution is 2.12. The van der Waals surface area contributed by atoms with Gasteiger partial charge in [-0.1, -0.05) is 35.0 Å². The van der Waals surface area contributed by atoms with E-state index in [0.29, 0.717) is 6.61 Å². The Labute approximate surface area is 100 Å². The van der Waals surface area contributed by atoms with E-state index in [0.717, 1.165) is 17.6 Å². The fourth-order valence-electron chi connectivity index (χ4n) is 1.27. The summed E-state index contributed by atoms with van der Waals surface area (Å²) < 4.78 is 6.80. The van der Waals surface area contributed by atoms with Crippen LogP contribution in [0.2, 0.25) is 0 Å². The lowest BCUT2D eigenvalue weighted by Crippen LogP contribution is -2.26. The maximum Gasteiger partial charge on any atom is 0.0721 e. The number of halogens is 1. The Balaban J connectivity index is 2.30. The summed E-state index contributed by atoms with van der Waals surface area (Å²) in [6, 6.07) is 8.20. The predicted molar refractivity (Wildman–Crippen MR) is 66.9 cm³/mol. The highest BCUT2D eigenvalue weighted by molar-refractivity contribution is 9.10. The molecule has 0 aliphatic carbocycles. The van der Waals surface area contributed by atoms with Gasteiger partial charge in [-0.3, -0.25) is 0 Å². The Morgan fingerprint density at radius 1 is 1.47 bits per heavy atom. The van der Waals surface area contributed by atoms with Crippen LogP contribution in [0.5, 0.6) is 0 Å². The normalized spacial score (nSPS) is 12.7. The van der Waals surface area contributed by atoms with Gasteiger partial charge < -0.3 is 10.1 Å². The lowest BCUT2D eigenvalue weighted by atomic mass is 10.2. The molecule has 2 nitrogen and oxygen atoms in total. The molecule has 0 saturated heterocycles. The van der Waals surface area contributed by atoms with Crippen molar-refractivity contribution in [2.45, 2.75) is 26.6 Å². The van der Waals surface area contributed by atoms with Gasteiger partial charge in [-0.25, -0.2) is 0 Å². The third-order valence-electron chi connectivity index (χ3n) is 2.11. The van der Waals surface area contributed by atoms with E-state index in [2.05, 4.69) is 47.2 Å².